The van der Waals surface area contributed by atoms with Crippen molar-refractivity contribution in [1.82, 2.24) is 0 Å². The van der Waals surface area contributed by atoms with Gasteiger partial charge in [0.2, 0.25) is 0 Å². The van der Waals surface area contributed by atoms with Gasteiger partial charge in [0.25, 0.3) is 14.1 Å². The zero-order valence-electron chi connectivity index (χ0n) is 6.68. The second kappa shape index (κ2) is 9.30. The molecule has 0 aromatic rings. The molecular formula is C8H16AlCl. The van der Waals surface area contributed by atoms with Crippen LogP contribution in [0.4, 0.5) is 0 Å². The highest BCUT2D eigenvalue weighted by molar-refractivity contribution is 6.57. The van der Waals surface area contributed by atoms with Crippen molar-refractivity contribution < 1.29 is 0 Å². The van der Waals surface area contributed by atoms with Crippen LogP contribution in [0.5, 0.6) is 0 Å². The van der Waals surface area contributed by atoms with Gasteiger partial charge in [-0.25, -0.2) is 0 Å². The summed E-state index contributed by atoms with van der Waals surface area (Å²) in [5.41, 5.74) is 0. The van der Waals surface area contributed by atoms with Crippen LogP contribution in [0.3, 0.4) is 0 Å². The van der Waals surface area contributed by atoms with E-state index >= 15 is 0 Å². The van der Waals surface area contributed by atoms with Crippen molar-refractivity contribution in [3.8, 4) is 0 Å². The quantitative estimate of drug-likeness (QED) is 0.443. The molecule has 0 amide bonds. The minimum absolute atomic E-state index is 0. The molecule has 0 aliphatic heterocycles. The summed E-state index contributed by atoms with van der Waals surface area (Å²) < 4.78 is 0. The van der Waals surface area contributed by atoms with E-state index < -0.39 is 14.1 Å². The summed E-state index contributed by atoms with van der Waals surface area (Å²) in [7, 11) is 0. The van der Waals surface area contributed by atoms with Gasteiger partial charge < -0.3 is 0 Å². The molecule has 58 valence electrons. The van der Waals surface area contributed by atoms with Gasteiger partial charge in [-0.05, 0) is 6.42 Å². The van der Waals surface area contributed by atoms with Gasteiger partial charge in [0.05, 0.1) is 0 Å². The normalized spacial score (nSPS) is 7.70. The molecule has 0 bridgehead atoms. The van der Waals surface area contributed by atoms with E-state index in [-0.39, 0.29) is 12.4 Å². The van der Waals surface area contributed by atoms with Crippen LogP contribution in [-0.2, 0) is 0 Å². The Morgan fingerprint density at radius 3 is 2.30 bits per heavy atom. The summed E-state index contributed by atoms with van der Waals surface area (Å²) >= 11 is -0.409. The maximum absolute atomic E-state index is 3.72. The van der Waals surface area contributed by atoms with Gasteiger partial charge in [-0.1, -0.05) is 16.6 Å². The third kappa shape index (κ3) is 8.30. The summed E-state index contributed by atoms with van der Waals surface area (Å²) in [4.78, 5) is 0. The van der Waals surface area contributed by atoms with E-state index in [1.165, 1.54) is 17.0 Å². The van der Waals surface area contributed by atoms with Crippen LogP contribution in [-0.4, -0.2) is 14.1 Å². The summed E-state index contributed by atoms with van der Waals surface area (Å²) in [5, 5.41) is 2.66. The van der Waals surface area contributed by atoms with E-state index in [1.54, 1.807) is 0 Å². The molecule has 0 aliphatic rings. The fourth-order valence-electron chi connectivity index (χ4n) is 0.805. The first-order valence-electron chi connectivity index (χ1n) is 3.53. The Hall–Kier alpha value is 0.302. The van der Waals surface area contributed by atoms with Crippen molar-refractivity contribution in [1.29, 1.82) is 0 Å². The molecule has 0 nitrogen and oxygen atoms in total. The third-order valence-electron chi connectivity index (χ3n) is 1.43. The Morgan fingerprint density at radius 1 is 1.30 bits per heavy atom. The second-order valence-electron chi connectivity index (χ2n) is 2.50. The van der Waals surface area contributed by atoms with Gasteiger partial charge in [0.1, 0.15) is 0 Å². The predicted molar refractivity (Wildman–Crippen MR) is 53.5 cm³/mol. The Kier molecular flexibility index (Phi) is 12.0. The summed E-state index contributed by atoms with van der Waals surface area (Å²) in [6.07, 6.45) is 5.24. The van der Waals surface area contributed by atoms with E-state index in [0.717, 1.165) is 0 Å². The lowest BCUT2D eigenvalue weighted by Crippen LogP contribution is -2.02. The number of halogens is 1. The van der Waals surface area contributed by atoms with E-state index in [2.05, 4.69) is 18.9 Å². The highest BCUT2D eigenvalue weighted by Gasteiger charge is 2.04. The average Bonchev–Trinajstić information content (AvgIpc) is 1.85. The Morgan fingerprint density at radius 2 is 1.90 bits per heavy atom. The molecule has 10 heavy (non-hydrogen) atoms. The fourth-order valence-corrected chi connectivity index (χ4v) is 2.41. The molecule has 0 aromatic carbocycles. The van der Waals surface area contributed by atoms with Crippen LogP contribution in [0, 0.1) is 0 Å². The number of hydrogen-bond acceptors (Lipinski definition) is 0. The molecular weight excluding hydrogens is 159 g/mol. The summed E-state index contributed by atoms with van der Waals surface area (Å²) in [6, 6.07) is 0. The lowest BCUT2D eigenvalue weighted by Gasteiger charge is -1.97. The van der Waals surface area contributed by atoms with E-state index in [9.17, 15) is 0 Å². The molecule has 0 N–H and O–H groups in total. The van der Waals surface area contributed by atoms with Crippen molar-refractivity contribution in [3.63, 3.8) is 0 Å². The van der Waals surface area contributed by atoms with Crippen molar-refractivity contribution in [2.24, 2.45) is 0 Å². The molecule has 0 atom stereocenters. The topological polar surface area (TPSA) is 0 Å². The molecule has 0 aromatic heterocycles. The molecule has 0 fully saturated rings. The lowest BCUT2D eigenvalue weighted by atomic mass is 10.5. The van der Waals surface area contributed by atoms with Crippen LogP contribution in [0.25, 0.3) is 0 Å². The molecule has 0 aliphatic carbocycles. The number of hydrogen-bond donors (Lipinski definition) is 0. The molecule has 2 heteroatoms. The molecule has 0 heterocycles. The van der Waals surface area contributed by atoms with Crippen LogP contribution in [0.15, 0.2) is 25.3 Å². The number of allylic oxidation sites excluding steroid dienone is 2. The molecule has 0 radical (unpaired) electrons. The minimum atomic E-state index is -0.409. The highest BCUT2D eigenvalue weighted by atomic mass is 35.5. The maximum Gasteiger partial charge on any atom is 0.263 e. The second-order valence-corrected chi connectivity index (χ2v) is 5.75. The SMILES string of the molecule is C=CC[CH2][Al]([CH3])[CH2]C=C.Cl. The fraction of sp³-hybridized carbons (Fsp3) is 0.500. The van der Waals surface area contributed by atoms with Crippen molar-refractivity contribution in [3.05, 3.63) is 25.3 Å². The Bertz CT molecular complexity index is 91.3. The lowest BCUT2D eigenvalue weighted by molar-refractivity contribution is 1.18. The van der Waals surface area contributed by atoms with Gasteiger partial charge in [-0.3, -0.25) is 0 Å². The van der Waals surface area contributed by atoms with Crippen molar-refractivity contribution in [2.75, 3.05) is 0 Å². The molecule has 0 spiro atoms. The summed E-state index contributed by atoms with van der Waals surface area (Å²) in [5.74, 6) is 2.38. The van der Waals surface area contributed by atoms with Crippen LogP contribution in [0.1, 0.15) is 6.42 Å². The number of rotatable bonds is 5. The first kappa shape index (κ1) is 12.9. The Labute approximate surface area is 74.8 Å². The zero-order chi connectivity index (χ0) is 7.11. The predicted octanol–water partition coefficient (Wildman–Crippen LogP) is 3.29. The van der Waals surface area contributed by atoms with Gasteiger partial charge in [0.15, 0.2) is 0 Å². The van der Waals surface area contributed by atoms with Gasteiger partial charge >= 0.3 is 0 Å². The van der Waals surface area contributed by atoms with E-state index in [1.807, 2.05) is 12.2 Å². The zero-order valence-corrected chi connectivity index (χ0v) is 8.65. The average molecular weight is 175 g/mol. The standard InChI is InChI=1S/C4H7.C3H5.CH3.Al.ClH/c1-3-4-2;1-3-2;;;/h3H,1-2,4H2;3H,1-2H2;1H3;;1H. The molecule has 0 saturated heterocycles. The molecule has 0 rings (SSSR count). The third-order valence-corrected chi connectivity index (χ3v) is 3.89. The first-order valence-corrected chi connectivity index (χ1v) is 6.31. The van der Waals surface area contributed by atoms with Crippen LogP contribution in [0.2, 0.25) is 16.4 Å². The van der Waals surface area contributed by atoms with Crippen LogP contribution >= 0.6 is 12.4 Å². The minimum Gasteiger partial charge on any atom is -0.147 e. The Balaban J connectivity index is 0. The summed E-state index contributed by atoms with van der Waals surface area (Å²) in [6.45, 7) is 7.41. The first-order chi connectivity index (χ1) is 4.31. The van der Waals surface area contributed by atoms with Gasteiger partial charge in [0, 0.05) is 0 Å². The van der Waals surface area contributed by atoms with E-state index in [4.69, 9.17) is 0 Å². The van der Waals surface area contributed by atoms with Crippen molar-refractivity contribution in [2.45, 2.75) is 22.8 Å². The largest absolute Gasteiger partial charge is 0.263 e. The highest BCUT2D eigenvalue weighted by Crippen LogP contribution is 2.02. The monoisotopic (exact) mass is 174 g/mol. The molecule has 0 unspecified atom stereocenters. The maximum atomic E-state index is 3.72. The molecule has 0 saturated carbocycles. The van der Waals surface area contributed by atoms with Crippen molar-refractivity contribution >= 4 is 26.6 Å². The van der Waals surface area contributed by atoms with Gasteiger partial charge in [-0.2, -0.15) is 0 Å². The van der Waals surface area contributed by atoms with Gasteiger partial charge in [-0.15, -0.1) is 37.4 Å². The van der Waals surface area contributed by atoms with Crippen LogP contribution < -0.4 is 0 Å². The smallest absolute Gasteiger partial charge is 0.147 e. The van der Waals surface area contributed by atoms with E-state index in [0.29, 0.717) is 0 Å².